The average molecular weight is 230 g/mol. The predicted molar refractivity (Wildman–Crippen MR) is 71.7 cm³/mol. The zero-order valence-electron chi connectivity index (χ0n) is 11.1. The van der Waals surface area contributed by atoms with Gasteiger partial charge in [0.25, 0.3) is 0 Å². The molecular formula is C15H22N2. The molecule has 1 unspecified atom stereocenters. The number of hydrogen-bond donors (Lipinski definition) is 0. The van der Waals surface area contributed by atoms with Crippen LogP contribution in [0.1, 0.15) is 43.9 Å². The monoisotopic (exact) mass is 230 g/mol. The van der Waals surface area contributed by atoms with E-state index < -0.39 is 0 Å². The summed E-state index contributed by atoms with van der Waals surface area (Å²) >= 11 is 0. The number of aryl methyl sites for hydroxylation is 1. The lowest BCUT2D eigenvalue weighted by Crippen LogP contribution is -2.29. The van der Waals surface area contributed by atoms with E-state index in [1.165, 1.54) is 12.0 Å². The number of benzene rings is 1. The summed E-state index contributed by atoms with van der Waals surface area (Å²) in [6, 6.07) is 10.5. The minimum absolute atomic E-state index is 0.104. The SMILES string of the molecule is CCCCN(CC)C(C#N)c1ccccc1C. The van der Waals surface area contributed by atoms with Gasteiger partial charge < -0.3 is 0 Å². The van der Waals surface area contributed by atoms with Crippen LogP contribution in [0.4, 0.5) is 0 Å². The second kappa shape index (κ2) is 7.09. The van der Waals surface area contributed by atoms with Crippen LogP contribution in [0, 0.1) is 18.3 Å². The Labute approximate surface area is 105 Å². The van der Waals surface area contributed by atoms with Gasteiger partial charge in [0.05, 0.1) is 6.07 Å². The van der Waals surface area contributed by atoms with Crippen molar-refractivity contribution in [3.05, 3.63) is 35.4 Å². The Bertz CT molecular complexity index is 379. The normalized spacial score (nSPS) is 12.4. The Morgan fingerprint density at radius 3 is 2.53 bits per heavy atom. The van der Waals surface area contributed by atoms with Crippen molar-refractivity contribution in [2.24, 2.45) is 0 Å². The van der Waals surface area contributed by atoms with E-state index in [0.717, 1.165) is 25.1 Å². The lowest BCUT2D eigenvalue weighted by molar-refractivity contribution is 0.244. The van der Waals surface area contributed by atoms with Crippen molar-refractivity contribution in [3.8, 4) is 6.07 Å². The number of nitrogens with zero attached hydrogens (tertiary/aromatic N) is 2. The maximum atomic E-state index is 9.41. The quantitative estimate of drug-likeness (QED) is 0.745. The third-order valence-corrected chi connectivity index (χ3v) is 3.18. The third kappa shape index (κ3) is 3.57. The summed E-state index contributed by atoms with van der Waals surface area (Å²) in [6.07, 6.45) is 2.32. The molecule has 0 saturated carbocycles. The molecule has 0 saturated heterocycles. The molecule has 1 aromatic carbocycles. The average Bonchev–Trinajstić information content (AvgIpc) is 2.36. The Kier molecular flexibility index (Phi) is 5.72. The second-order valence-corrected chi connectivity index (χ2v) is 4.37. The molecule has 0 aliphatic heterocycles. The first-order chi connectivity index (χ1) is 8.24. The van der Waals surface area contributed by atoms with Gasteiger partial charge in [0, 0.05) is 0 Å². The lowest BCUT2D eigenvalue weighted by atomic mass is 10.0. The maximum Gasteiger partial charge on any atom is 0.124 e. The molecule has 0 aliphatic carbocycles. The lowest BCUT2D eigenvalue weighted by Gasteiger charge is -2.26. The molecule has 17 heavy (non-hydrogen) atoms. The Morgan fingerprint density at radius 2 is 2.00 bits per heavy atom. The van der Waals surface area contributed by atoms with Gasteiger partial charge in [-0.15, -0.1) is 0 Å². The fraction of sp³-hybridized carbons (Fsp3) is 0.533. The summed E-state index contributed by atoms with van der Waals surface area (Å²) in [6.45, 7) is 8.31. The van der Waals surface area contributed by atoms with Crippen LogP contribution in [0.3, 0.4) is 0 Å². The number of hydrogen-bond acceptors (Lipinski definition) is 2. The van der Waals surface area contributed by atoms with Crippen LogP contribution >= 0.6 is 0 Å². The van der Waals surface area contributed by atoms with Gasteiger partial charge in [0.15, 0.2) is 0 Å². The van der Waals surface area contributed by atoms with E-state index in [9.17, 15) is 5.26 Å². The Balaban J connectivity index is 2.90. The van der Waals surface area contributed by atoms with Gasteiger partial charge in [-0.25, -0.2) is 0 Å². The van der Waals surface area contributed by atoms with E-state index in [2.05, 4.69) is 43.9 Å². The molecule has 1 rings (SSSR count). The van der Waals surface area contributed by atoms with Crippen molar-refractivity contribution >= 4 is 0 Å². The van der Waals surface area contributed by atoms with Crippen molar-refractivity contribution in [1.82, 2.24) is 4.90 Å². The molecule has 2 nitrogen and oxygen atoms in total. The van der Waals surface area contributed by atoms with Crippen molar-refractivity contribution in [3.63, 3.8) is 0 Å². The van der Waals surface area contributed by atoms with Gasteiger partial charge in [-0.05, 0) is 37.6 Å². The summed E-state index contributed by atoms with van der Waals surface area (Å²) in [5, 5.41) is 9.41. The van der Waals surface area contributed by atoms with E-state index >= 15 is 0 Å². The first-order valence-corrected chi connectivity index (χ1v) is 6.43. The first-order valence-electron chi connectivity index (χ1n) is 6.43. The van der Waals surface area contributed by atoms with E-state index in [-0.39, 0.29) is 6.04 Å². The van der Waals surface area contributed by atoms with E-state index in [4.69, 9.17) is 0 Å². The highest BCUT2D eigenvalue weighted by Crippen LogP contribution is 2.23. The molecule has 1 atom stereocenters. The van der Waals surface area contributed by atoms with Crippen molar-refractivity contribution in [2.45, 2.75) is 39.7 Å². The molecule has 0 N–H and O–H groups in total. The Hall–Kier alpha value is -1.33. The van der Waals surface area contributed by atoms with Crippen molar-refractivity contribution in [2.75, 3.05) is 13.1 Å². The summed E-state index contributed by atoms with van der Waals surface area (Å²) in [5.74, 6) is 0. The van der Waals surface area contributed by atoms with Crippen LogP contribution < -0.4 is 0 Å². The van der Waals surface area contributed by atoms with Gasteiger partial charge in [-0.3, -0.25) is 4.90 Å². The molecule has 0 aromatic heterocycles. The fourth-order valence-electron chi connectivity index (χ4n) is 2.07. The predicted octanol–water partition coefficient (Wildman–Crippen LogP) is 3.68. The van der Waals surface area contributed by atoms with Gasteiger partial charge in [-0.2, -0.15) is 5.26 Å². The van der Waals surface area contributed by atoms with Crippen molar-refractivity contribution in [1.29, 1.82) is 5.26 Å². The third-order valence-electron chi connectivity index (χ3n) is 3.18. The molecule has 92 valence electrons. The molecule has 0 aliphatic rings. The topological polar surface area (TPSA) is 27.0 Å². The smallest absolute Gasteiger partial charge is 0.124 e. The van der Waals surface area contributed by atoms with Crippen LogP contribution in [-0.2, 0) is 0 Å². The zero-order chi connectivity index (χ0) is 12.7. The maximum absolute atomic E-state index is 9.41. The van der Waals surface area contributed by atoms with Crippen LogP contribution in [0.15, 0.2) is 24.3 Å². The van der Waals surface area contributed by atoms with E-state index in [1.807, 2.05) is 12.1 Å². The summed E-state index contributed by atoms with van der Waals surface area (Å²) in [4.78, 5) is 2.26. The molecule has 0 fully saturated rings. The van der Waals surface area contributed by atoms with Gasteiger partial charge in [0.2, 0.25) is 0 Å². The van der Waals surface area contributed by atoms with Gasteiger partial charge >= 0.3 is 0 Å². The van der Waals surface area contributed by atoms with Crippen molar-refractivity contribution < 1.29 is 0 Å². The molecule has 0 radical (unpaired) electrons. The number of rotatable bonds is 6. The molecule has 0 bridgehead atoms. The highest BCUT2D eigenvalue weighted by molar-refractivity contribution is 5.32. The van der Waals surface area contributed by atoms with Gasteiger partial charge in [0.1, 0.15) is 6.04 Å². The number of nitriles is 1. The Morgan fingerprint density at radius 1 is 1.29 bits per heavy atom. The summed E-state index contributed by atoms with van der Waals surface area (Å²) < 4.78 is 0. The molecule has 2 heteroatoms. The molecule has 0 amide bonds. The number of unbranched alkanes of at least 4 members (excludes halogenated alkanes) is 1. The van der Waals surface area contributed by atoms with E-state index in [1.54, 1.807) is 0 Å². The fourth-order valence-corrected chi connectivity index (χ4v) is 2.07. The first kappa shape index (κ1) is 13.7. The van der Waals surface area contributed by atoms with E-state index in [0.29, 0.717) is 0 Å². The van der Waals surface area contributed by atoms with Crippen LogP contribution in [0.5, 0.6) is 0 Å². The minimum atomic E-state index is -0.104. The van der Waals surface area contributed by atoms with Crippen LogP contribution in [0.2, 0.25) is 0 Å². The summed E-state index contributed by atoms with van der Waals surface area (Å²) in [7, 11) is 0. The van der Waals surface area contributed by atoms with Crippen LogP contribution in [-0.4, -0.2) is 18.0 Å². The highest BCUT2D eigenvalue weighted by atomic mass is 15.1. The second-order valence-electron chi connectivity index (χ2n) is 4.37. The minimum Gasteiger partial charge on any atom is -0.285 e. The van der Waals surface area contributed by atoms with Crippen LogP contribution in [0.25, 0.3) is 0 Å². The molecule has 0 heterocycles. The molecule has 0 spiro atoms. The van der Waals surface area contributed by atoms with Gasteiger partial charge in [-0.1, -0.05) is 44.5 Å². The molecule has 1 aromatic rings. The standard InChI is InChI=1S/C15H22N2/c1-4-6-11-17(5-2)15(12-16)14-10-8-7-9-13(14)3/h7-10,15H,4-6,11H2,1-3H3. The highest BCUT2D eigenvalue weighted by Gasteiger charge is 2.19. The summed E-state index contributed by atoms with van der Waals surface area (Å²) in [5.41, 5.74) is 2.35. The largest absolute Gasteiger partial charge is 0.285 e. The zero-order valence-corrected chi connectivity index (χ0v) is 11.1. The molecular weight excluding hydrogens is 208 g/mol.